The van der Waals surface area contributed by atoms with Crippen LogP contribution in [0.1, 0.15) is 25.3 Å². The zero-order chi connectivity index (χ0) is 21.7. The van der Waals surface area contributed by atoms with E-state index in [9.17, 15) is 19.7 Å². The van der Waals surface area contributed by atoms with Gasteiger partial charge in [0.25, 0.3) is 11.6 Å². The predicted molar refractivity (Wildman–Crippen MR) is 114 cm³/mol. The molecule has 3 aromatic rings. The standard InChI is InChI=1S/C21H20ClN3O5/c1-13(21(27)24-19-11-15(25(28)29)9-10-17(19)22)30-20(26)8-4-5-14-12-23-18-7-3-2-6-16(14)18/h2-3,6-7,9-13,23H,4-5,8H2,1H3,(H,24,27). The average molecular weight is 430 g/mol. The number of aryl methyl sites for hydroxylation is 1. The topological polar surface area (TPSA) is 114 Å². The Labute approximate surface area is 177 Å². The lowest BCUT2D eigenvalue weighted by molar-refractivity contribution is -0.384. The number of anilines is 1. The summed E-state index contributed by atoms with van der Waals surface area (Å²) in [6, 6.07) is 11.6. The van der Waals surface area contributed by atoms with E-state index < -0.39 is 22.9 Å². The molecule has 2 aromatic carbocycles. The van der Waals surface area contributed by atoms with Crippen molar-refractivity contribution in [3.63, 3.8) is 0 Å². The summed E-state index contributed by atoms with van der Waals surface area (Å²) >= 11 is 5.97. The van der Waals surface area contributed by atoms with Gasteiger partial charge in [0.1, 0.15) is 0 Å². The van der Waals surface area contributed by atoms with Crippen LogP contribution < -0.4 is 5.32 Å². The van der Waals surface area contributed by atoms with E-state index in [1.54, 1.807) is 0 Å². The summed E-state index contributed by atoms with van der Waals surface area (Å²) in [7, 11) is 0. The maximum Gasteiger partial charge on any atom is 0.306 e. The van der Waals surface area contributed by atoms with Gasteiger partial charge < -0.3 is 15.0 Å². The average Bonchev–Trinajstić information content (AvgIpc) is 3.12. The summed E-state index contributed by atoms with van der Waals surface area (Å²) < 4.78 is 5.17. The molecule has 8 nitrogen and oxygen atoms in total. The van der Waals surface area contributed by atoms with Crippen LogP contribution in [0.3, 0.4) is 0 Å². The number of halogens is 1. The summed E-state index contributed by atoms with van der Waals surface area (Å²) in [4.78, 5) is 37.8. The highest BCUT2D eigenvalue weighted by Crippen LogP contribution is 2.27. The van der Waals surface area contributed by atoms with Gasteiger partial charge in [-0.25, -0.2) is 0 Å². The van der Waals surface area contributed by atoms with Crippen molar-refractivity contribution in [2.75, 3.05) is 5.32 Å². The molecule has 0 fully saturated rings. The third-order valence-electron chi connectivity index (χ3n) is 4.60. The summed E-state index contributed by atoms with van der Waals surface area (Å²) in [5.41, 5.74) is 2.03. The number of hydrogen-bond donors (Lipinski definition) is 2. The summed E-state index contributed by atoms with van der Waals surface area (Å²) in [5, 5.41) is 14.6. The molecule has 0 saturated carbocycles. The molecule has 156 valence electrons. The third-order valence-corrected chi connectivity index (χ3v) is 4.93. The molecular formula is C21H20ClN3O5. The van der Waals surface area contributed by atoms with E-state index in [2.05, 4.69) is 10.3 Å². The Bertz CT molecular complexity index is 1100. The molecule has 0 saturated heterocycles. The molecule has 30 heavy (non-hydrogen) atoms. The molecule has 0 aliphatic carbocycles. The molecular weight excluding hydrogens is 410 g/mol. The number of nitrogens with zero attached hydrogens (tertiary/aromatic N) is 1. The van der Waals surface area contributed by atoms with Crippen molar-refractivity contribution in [3.8, 4) is 0 Å². The van der Waals surface area contributed by atoms with Gasteiger partial charge in [0.05, 0.1) is 15.6 Å². The van der Waals surface area contributed by atoms with E-state index in [0.717, 1.165) is 22.5 Å². The van der Waals surface area contributed by atoms with Crippen LogP contribution in [0.15, 0.2) is 48.7 Å². The fourth-order valence-corrected chi connectivity index (χ4v) is 3.19. The third kappa shape index (κ3) is 5.15. The van der Waals surface area contributed by atoms with E-state index in [1.807, 2.05) is 30.5 Å². The number of carbonyl (C=O) groups excluding carboxylic acids is 2. The smallest absolute Gasteiger partial charge is 0.306 e. The number of H-pyrrole nitrogens is 1. The van der Waals surface area contributed by atoms with Crippen LogP contribution in [0.25, 0.3) is 10.9 Å². The van der Waals surface area contributed by atoms with Crippen molar-refractivity contribution in [2.24, 2.45) is 0 Å². The van der Waals surface area contributed by atoms with Crippen LogP contribution in [-0.4, -0.2) is 27.9 Å². The second kappa shape index (κ2) is 9.41. The number of nitro benzene ring substituents is 1. The number of rotatable bonds is 8. The van der Waals surface area contributed by atoms with E-state index in [1.165, 1.54) is 19.1 Å². The lowest BCUT2D eigenvalue weighted by atomic mass is 10.1. The van der Waals surface area contributed by atoms with Crippen molar-refractivity contribution in [3.05, 3.63) is 69.4 Å². The number of non-ortho nitro benzene ring substituents is 1. The number of esters is 1. The van der Waals surface area contributed by atoms with Crippen LogP contribution in [0.4, 0.5) is 11.4 Å². The zero-order valence-electron chi connectivity index (χ0n) is 16.2. The first-order chi connectivity index (χ1) is 14.3. The van der Waals surface area contributed by atoms with Crippen molar-refractivity contribution in [1.29, 1.82) is 0 Å². The Balaban J connectivity index is 1.49. The molecule has 2 N–H and O–H groups in total. The second-order valence-electron chi connectivity index (χ2n) is 6.76. The molecule has 3 rings (SSSR count). The van der Waals surface area contributed by atoms with Gasteiger partial charge in [-0.1, -0.05) is 29.8 Å². The Morgan fingerprint density at radius 2 is 2.03 bits per heavy atom. The highest BCUT2D eigenvalue weighted by Gasteiger charge is 2.20. The first kappa shape index (κ1) is 21.3. The zero-order valence-corrected chi connectivity index (χ0v) is 16.9. The minimum atomic E-state index is -1.07. The molecule has 1 aromatic heterocycles. The van der Waals surface area contributed by atoms with E-state index >= 15 is 0 Å². The highest BCUT2D eigenvalue weighted by atomic mass is 35.5. The van der Waals surface area contributed by atoms with Crippen LogP contribution in [0.2, 0.25) is 5.02 Å². The lowest BCUT2D eigenvalue weighted by Crippen LogP contribution is -2.30. The fraction of sp³-hybridized carbons (Fsp3) is 0.238. The molecule has 0 radical (unpaired) electrons. The number of para-hydroxylation sites is 1. The van der Waals surface area contributed by atoms with Gasteiger partial charge in [-0.15, -0.1) is 0 Å². The second-order valence-corrected chi connectivity index (χ2v) is 7.16. The Morgan fingerprint density at radius 1 is 1.27 bits per heavy atom. The molecule has 0 aliphatic heterocycles. The van der Waals surface area contributed by atoms with Crippen molar-refractivity contribution in [1.82, 2.24) is 4.98 Å². The maximum atomic E-state index is 12.3. The molecule has 0 spiro atoms. The van der Waals surface area contributed by atoms with Crippen LogP contribution in [0, 0.1) is 10.1 Å². The molecule has 1 atom stereocenters. The van der Waals surface area contributed by atoms with Crippen LogP contribution in [-0.2, 0) is 20.7 Å². The minimum Gasteiger partial charge on any atom is -0.453 e. The molecule has 0 aliphatic rings. The molecule has 1 heterocycles. The minimum absolute atomic E-state index is 0.0816. The molecule has 1 amide bonds. The Hall–Kier alpha value is -3.39. The number of aromatic amines is 1. The van der Waals surface area contributed by atoms with Crippen molar-refractivity contribution < 1.29 is 19.2 Å². The Kier molecular flexibility index (Phi) is 6.68. The number of nitrogens with one attached hydrogen (secondary N) is 2. The fourth-order valence-electron chi connectivity index (χ4n) is 3.03. The number of fused-ring (bicyclic) bond motifs is 1. The van der Waals surface area contributed by atoms with Gasteiger partial charge in [0.15, 0.2) is 6.10 Å². The number of carbonyl (C=O) groups is 2. The normalized spacial score (nSPS) is 11.8. The number of aromatic nitrogens is 1. The maximum absolute atomic E-state index is 12.3. The summed E-state index contributed by atoms with van der Waals surface area (Å²) in [6.45, 7) is 1.43. The first-order valence-corrected chi connectivity index (χ1v) is 9.72. The summed E-state index contributed by atoms with van der Waals surface area (Å²) in [6.07, 6.45) is 2.29. The molecule has 0 bridgehead atoms. The number of hydrogen-bond acceptors (Lipinski definition) is 5. The summed E-state index contributed by atoms with van der Waals surface area (Å²) in [5.74, 6) is -1.12. The lowest BCUT2D eigenvalue weighted by Gasteiger charge is -2.14. The number of amides is 1. The molecule has 9 heteroatoms. The monoisotopic (exact) mass is 429 g/mol. The Morgan fingerprint density at radius 3 is 2.80 bits per heavy atom. The van der Waals surface area contributed by atoms with Crippen molar-refractivity contribution in [2.45, 2.75) is 32.3 Å². The van der Waals surface area contributed by atoms with Gasteiger partial charge >= 0.3 is 5.97 Å². The van der Waals surface area contributed by atoms with Gasteiger partial charge in [0.2, 0.25) is 0 Å². The number of nitro groups is 1. The number of benzene rings is 2. The van der Waals surface area contributed by atoms with Gasteiger partial charge in [-0.3, -0.25) is 19.7 Å². The SMILES string of the molecule is CC(OC(=O)CCCc1c[nH]c2ccccc12)C(=O)Nc1cc([N+](=O)[O-])ccc1Cl. The van der Waals surface area contributed by atoms with Crippen LogP contribution >= 0.6 is 11.6 Å². The quantitative estimate of drug-likeness (QED) is 0.308. The van der Waals surface area contributed by atoms with E-state index in [4.69, 9.17) is 16.3 Å². The van der Waals surface area contributed by atoms with Gasteiger partial charge in [0, 0.05) is 35.7 Å². The number of ether oxygens (including phenoxy) is 1. The predicted octanol–water partition coefficient (Wildman–Crippen LogP) is 4.62. The largest absolute Gasteiger partial charge is 0.453 e. The van der Waals surface area contributed by atoms with Crippen molar-refractivity contribution >= 4 is 45.8 Å². The van der Waals surface area contributed by atoms with E-state index in [0.29, 0.717) is 12.8 Å². The first-order valence-electron chi connectivity index (χ1n) is 9.34. The van der Waals surface area contributed by atoms with Gasteiger partial charge in [-0.05, 0) is 37.5 Å². The highest BCUT2D eigenvalue weighted by molar-refractivity contribution is 6.33. The molecule has 1 unspecified atom stereocenters. The van der Waals surface area contributed by atoms with Crippen LogP contribution in [0.5, 0.6) is 0 Å². The van der Waals surface area contributed by atoms with E-state index in [-0.39, 0.29) is 22.8 Å². The van der Waals surface area contributed by atoms with Gasteiger partial charge in [-0.2, -0.15) is 0 Å².